The van der Waals surface area contributed by atoms with Gasteiger partial charge in [0, 0.05) is 29.9 Å². The highest BCUT2D eigenvalue weighted by atomic mass is 16.2. The Morgan fingerprint density at radius 2 is 1.62 bits per heavy atom. The lowest BCUT2D eigenvalue weighted by molar-refractivity contribution is 0.0829. The summed E-state index contributed by atoms with van der Waals surface area (Å²) in [7, 11) is 0. The molecule has 0 saturated carbocycles. The monoisotopic (exact) mass is 323 g/mol. The zero-order valence-electron chi connectivity index (χ0n) is 13.2. The summed E-state index contributed by atoms with van der Waals surface area (Å²) >= 11 is 0. The van der Waals surface area contributed by atoms with Crippen LogP contribution in [-0.2, 0) is 0 Å². The van der Waals surface area contributed by atoms with Crippen molar-refractivity contribution in [2.24, 2.45) is 0 Å². The maximum Gasteiger partial charge on any atom is 0.324 e. The number of nitrogens with zero attached hydrogens (tertiary/aromatic N) is 1. The van der Waals surface area contributed by atoms with Crippen LogP contribution in [0, 0.1) is 6.92 Å². The van der Waals surface area contributed by atoms with Crippen molar-refractivity contribution < 1.29 is 14.4 Å². The number of imide groups is 1. The quantitative estimate of drug-likeness (QED) is 0.910. The second kappa shape index (κ2) is 6.54. The first-order valence-corrected chi connectivity index (χ1v) is 7.62. The van der Waals surface area contributed by atoms with Gasteiger partial charge in [0.25, 0.3) is 11.8 Å². The molecule has 24 heavy (non-hydrogen) atoms. The Kier molecular flexibility index (Phi) is 4.29. The number of aryl methyl sites for hydroxylation is 1. The van der Waals surface area contributed by atoms with Gasteiger partial charge in [-0.05, 0) is 43.3 Å². The van der Waals surface area contributed by atoms with E-state index in [1.54, 1.807) is 36.4 Å². The van der Waals surface area contributed by atoms with Gasteiger partial charge in [-0.25, -0.2) is 4.79 Å². The molecule has 1 aliphatic heterocycles. The maximum absolute atomic E-state index is 12.2. The molecule has 0 aliphatic carbocycles. The lowest BCUT2D eigenvalue weighted by Gasteiger charge is -2.12. The lowest BCUT2D eigenvalue weighted by atomic mass is 10.1. The van der Waals surface area contributed by atoms with Crippen LogP contribution in [0.2, 0.25) is 0 Å². The smallest absolute Gasteiger partial charge is 0.324 e. The molecule has 2 aromatic carbocycles. The van der Waals surface area contributed by atoms with Crippen LogP contribution in [0.3, 0.4) is 0 Å². The SMILES string of the molecule is Cc1ccc(C(=O)Nc2ccc(C(=O)N3CCNC3=O)cc2)cc1. The van der Waals surface area contributed by atoms with Gasteiger partial charge in [-0.2, -0.15) is 0 Å². The molecule has 1 fully saturated rings. The number of hydrogen-bond acceptors (Lipinski definition) is 3. The molecule has 4 amide bonds. The Bertz CT molecular complexity index is 782. The second-order valence-corrected chi connectivity index (χ2v) is 5.59. The van der Waals surface area contributed by atoms with Gasteiger partial charge in [0.1, 0.15) is 0 Å². The summed E-state index contributed by atoms with van der Waals surface area (Å²) in [5.74, 6) is -0.561. The van der Waals surface area contributed by atoms with Crippen molar-refractivity contribution in [1.29, 1.82) is 0 Å². The summed E-state index contributed by atoms with van der Waals surface area (Å²) in [4.78, 5) is 37.1. The molecule has 0 radical (unpaired) electrons. The molecule has 6 nitrogen and oxygen atoms in total. The average molecular weight is 323 g/mol. The molecule has 0 atom stereocenters. The van der Waals surface area contributed by atoms with Gasteiger partial charge in [0.05, 0.1) is 0 Å². The molecular formula is C18H17N3O3. The van der Waals surface area contributed by atoms with Crippen molar-refractivity contribution >= 4 is 23.5 Å². The van der Waals surface area contributed by atoms with Gasteiger partial charge < -0.3 is 10.6 Å². The van der Waals surface area contributed by atoms with Gasteiger partial charge in [-0.1, -0.05) is 17.7 Å². The van der Waals surface area contributed by atoms with Crippen LogP contribution in [0.25, 0.3) is 0 Å². The topological polar surface area (TPSA) is 78.5 Å². The normalized spacial score (nSPS) is 13.5. The molecular weight excluding hydrogens is 306 g/mol. The Morgan fingerprint density at radius 3 is 2.21 bits per heavy atom. The van der Waals surface area contributed by atoms with E-state index in [9.17, 15) is 14.4 Å². The number of carbonyl (C=O) groups is 3. The van der Waals surface area contributed by atoms with E-state index in [4.69, 9.17) is 0 Å². The first kappa shape index (κ1) is 15.7. The number of carbonyl (C=O) groups excluding carboxylic acids is 3. The number of urea groups is 1. The Balaban J connectivity index is 1.68. The molecule has 6 heteroatoms. The van der Waals surface area contributed by atoms with Gasteiger partial charge >= 0.3 is 6.03 Å². The van der Waals surface area contributed by atoms with E-state index in [0.29, 0.717) is 29.9 Å². The standard InChI is InChI=1S/C18H17N3O3/c1-12-2-4-13(5-3-12)16(22)20-15-8-6-14(7-9-15)17(23)21-11-10-19-18(21)24/h2-9H,10-11H2,1H3,(H,19,24)(H,20,22). The number of benzene rings is 2. The van der Waals surface area contributed by atoms with Crippen LogP contribution in [0.15, 0.2) is 48.5 Å². The summed E-state index contributed by atoms with van der Waals surface area (Å²) in [5, 5.41) is 5.37. The molecule has 2 aromatic rings. The van der Waals surface area contributed by atoms with Crippen molar-refractivity contribution in [3.63, 3.8) is 0 Å². The van der Waals surface area contributed by atoms with E-state index in [0.717, 1.165) is 5.56 Å². The van der Waals surface area contributed by atoms with Crippen molar-refractivity contribution in [2.45, 2.75) is 6.92 Å². The van der Waals surface area contributed by atoms with E-state index >= 15 is 0 Å². The Morgan fingerprint density at radius 1 is 1.00 bits per heavy atom. The van der Waals surface area contributed by atoms with Crippen LogP contribution in [0.4, 0.5) is 10.5 Å². The summed E-state index contributed by atoms with van der Waals surface area (Å²) in [6.45, 7) is 2.79. The predicted molar refractivity (Wildman–Crippen MR) is 90.0 cm³/mol. The summed E-state index contributed by atoms with van der Waals surface area (Å²) in [6.07, 6.45) is 0. The third-order valence-corrected chi connectivity index (χ3v) is 3.81. The number of hydrogen-bond donors (Lipinski definition) is 2. The zero-order valence-corrected chi connectivity index (χ0v) is 13.2. The van der Waals surface area contributed by atoms with Gasteiger partial charge in [0.15, 0.2) is 0 Å². The van der Waals surface area contributed by atoms with Crippen LogP contribution < -0.4 is 10.6 Å². The summed E-state index contributed by atoms with van der Waals surface area (Å²) in [6, 6.07) is 13.4. The van der Waals surface area contributed by atoms with Gasteiger partial charge in [-0.15, -0.1) is 0 Å². The lowest BCUT2D eigenvalue weighted by Crippen LogP contribution is -2.34. The Hall–Kier alpha value is -3.15. The fourth-order valence-electron chi connectivity index (χ4n) is 2.43. The molecule has 122 valence electrons. The first-order valence-electron chi connectivity index (χ1n) is 7.62. The molecule has 0 spiro atoms. The van der Waals surface area contributed by atoms with E-state index in [1.807, 2.05) is 19.1 Å². The van der Waals surface area contributed by atoms with Crippen molar-refractivity contribution in [1.82, 2.24) is 10.2 Å². The third-order valence-electron chi connectivity index (χ3n) is 3.81. The highest BCUT2D eigenvalue weighted by molar-refractivity contribution is 6.06. The fourth-order valence-corrected chi connectivity index (χ4v) is 2.43. The largest absolute Gasteiger partial charge is 0.336 e. The predicted octanol–water partition coefficient (Wildman–Crippen LogP) is 2.41. The zero-order chi connectivity index (χ0) is 17.1. The highest BCUT2D eigenvalue weighted by Gasteiger charge is 2.26. The molecule has 1 heterocycles. The van der Waals surface area contributed by atoms with Crippen LogP contribution in [0.1, 0.15) is 26.3 Å². The number of anilines is 1. The molecule has 1 aliphatic rings. The van der Waals surface area contributed by atoms with Crippen molar-refractivity contribution in [3.8, 4) is 0 Å². The fraction of sp³-hybridized carbons (Fsp3) is 0.167. The van der Waals surface area contributed by atoms with E-state index in [-0.39, 0.29) is 17.8 Å². The number of rotatable bonds is 3. The molecule has 1 saturated heterocycles. The highest BCUT2D eigenvalue weighted by Crippen LogP contribution is 2.14. The molecule has 0 bridgehead atoms. The minimum absolute atomic E-state index is 0.215. The van der Waals surface area contributed by atoms with E-state index < -0.39 is 0 Å². The van der Waals surface area contributed by atoms with Gasteiger partial charge in [-0.3, -0.25) is 14.5 Å². The first-order chi connectivity index (χ1) is 11.5. The van der Waals surface area contributed by atoms with Crippen LogP contribution in [0.5, 0.6) is 0 Å². The molecule has 2 N–H and O–H groups in total. The summed E-state index contributed by atoms with van der Waals surface area (Å²) < 4.78 is 0. The Labute approximate surface area is 139 Å². The van der Waals surface area contributed by atoms with Crippen molar-refractivity contribution in [3.05, 3.63) is 65.2 Å². The second-order valence-electron chi connectivity index (χ2n) is 5.59. The van der Waals surface area contributed by atoms with E-state index in [2.05, 4.69) is 10.6 Å². The van der Waals surface area contributed by atoms with Gasteiger partial charge in [0.2, 0.25) is 0 Å². The molecule has 0 aromatic heterocycles. The van der Waals surface area contributed by atoms with E-state index in [1.165, 1.54) is 4.90 Å². The average Bonchev–Trinajstić information content (AvgIpc) is 3.01. The molecule has 0 unspecified atom stereocenters. The minimum Gasteiger partial charge on any atom is -0.336 e. The summed E-state index contributed by atoms with van der Waals surface area (Å²) in [5.41, 5.74) is 2.64. The number of amides is 4. The van der Waals surface area contributed by atoms with Crippen LogP contribution >= 0.6 is 0 Å². The number of nitrogens with one attached hydrogen (secondary N) is 2. The minimum atomic E-state index is -0.378. The third kappa shape index (κ3) is 3.27. The molecule has 3 rings (SSSR count). The maximum atomic E-state index is 12.2. The van der Waals surface area contributed by atoms with Crippen molar-refractivity contribution in [2.75, 3.05) is 18.4 Å². The van der Waals surface area contributed by atoms with Crippen LogP contribution in [-0.4, -0.2) is 35.8 Å².